The molecule has 0 heterocycles. The quantitative estimate of drug-likeness (QED) is 0.684. The van der Waals surface area contributed by atoms with Gasteiger partial charge in [-0.3, -0.25) is 4.79 Å². The summed E-state index contributed by atoms with van der Waals surface area (Å²) in [7, 11) is -3.68. The van der Waals surface area contributed by atoms with E-state index in [-0.39, 0.29) is 10.8 Å². The van der Waals surface area contributed by atoms with E-state index in [1.54, 1.807) is 12.1 Å². The number of nitrogens with zero attached hydrogens (tertiary/aromatic N) is 1. The maximum Gasteiger partial charge on any atom is 0.251 e. The van der Waals surface area contributed by atoms with Crippen molar-refractivity contribution in [1.29, 1.82) is 0 Å². The summed E-state index contributed by atoms with van der Waals surface area (Å²) in [5, 5.41) is 2.81. The van der Waals surface area contributed by atoms with Crippen molar-refractivity contribution in [3.05, 3.63) is 65.7 Å². The average molecular weight is 375 g/mol. The molecular formula is C20H26N2O3S. The third-order valence-electron chi connectivity index (χ3n) is 4.10. The molecule has 140 valence electrons. The van der Waals surface area contributed by atoms with Gasteiger partial charge in [-0.1, -0.05) is 56.7 Å². The molecule has 0 atom stereocenters. The molecule has 0 fully saturated rings. The van der Waals surface area contributed by atoms with E-state index in [4.69, 9.17) is 0 Å². The SMILES string of the molecule is CCCCNC(=O)c1cccc(S(=O)(=O)N(CC)Cc2ccccc2)c1. The van der Waals surface area contributed by atoms with Crippen LogP contribution in [0.15, 0.2) is 59.5 Å². The number of carbonyl (C=O) groups excluding carboxylic acids is 1. The highest BCUT2D eigenvalue weighted by Crippen LogP contribution is 2.19. The Morgan fingerprint density at radius 1 is 1.04 bits per heavy atom. The van der Waals surface area contributed by atoms with Crippen LogP contribution in [0.25, 0.3) is 0 Å². The lowest BCUT2D eigenvalue weighted by Crippen LogP contribution is -2.31. The van der Waals surface area contributed by atoms with Crippen LogP contribution in [0.1, 0.15) is 42.6 Å². The number of hydrogen-bond donors (Lipinski definition) is 1. The minimum absolute atomic E-state index is 0.137. The Morgan fingerprint density at radius 2 is 1.77 bits per heavy atom. The van der Waals surface area contributed by atoms with E-state index in [2.05, 4.69) is 5.32 Å². The number of amides is 1. The predicted octanol–water partition coefficient (Wildman–Crippen LogP) is 3.43. The van der Waals surface area contributed by atoms with Crippen LogP contribution in [0.3, 0.4) is 0 Å². The zero-order chi connectivity index (χ0) is 19.0. The molecule has 26 heavy (non-hydrogen) atoms. The van der Waals surface area contributed by atoms with Crippen molar-refractivity contribution in [3.8, 4) is 0 Å². The minimum atomic E-state index is -3.68. The molecule has 0 saturated carbocycles. The molecule has 2 rings (SSSR count). The van der Waals surface area contributed by atoms with Crippen molar-refractivity contribution < 1.29 is 13.2 Å². The van der Waals surface area contributed by atoms with Gasteiger partial charge in [-0.05, 0) is 30.2 Å². The minimum Gasteiger partial charge on any atom is -0.352 e. The first kappa shape index (κ1) is 20.1. The summed E-state index contributed by atoms with van der Waals surface area (Å²) in [5.41, 5.74) is 1.28. The number of benzene rings is 2. The summed E-state index contributed by atoms with van der Waals surface area (Å²) >= 11 is 0. The standard InChI is InChI=1S/C20H26N2O3S/c1-3-5-14-21-20(23)18-12-9-13-19(15-18)26(24,25)22(4-2)16-17-10-7-6-8-11-17/h6-13,15H,3-5,14,16H2,1-2H3,(H,21,23). The summed E-state index contributed by atoms with van der Waals surface area (Å²) in [4.78, 5) is 12.3. The second kappa shape index (κ2) is 9.50. The third kappa shape index (κ3) is 5.16. The van der Waals surface area contributed by atoms with Crippen molar-refractivity contribution in [2.75, 3.05) is 13.1 Å². The van der Waals surface area contributed by atoms with E-state index in [1.165, 1.54) is 16.4 Å². The van der Waals surface area contributed by atoms with Crippen molar-refractivity contribution >= 4 is 15.9 Å². The van der Waals surface area contributed by atoms with Crippen LogP contribution in [0.2, 0.25) is 0 Å². The van der Waals surface area contributed by atoms with Crippen molar-refractivity contribution in [1.82, 2.24) is 9.62 Å². The molecule has 2 aromatic carbocycles. The number of rotatable bonds is 9. The van der Waals surface area contributed by atoms with E-state index in [9.17, 15) is 13.2 Å². The van der Waals surface area contributed by atoms with E-state index in [0.717, 1.165) is 18.4 Å². The van der Waals surface area contributed by atoms with Crippen molar-refractivity contribution in [2.24, 2.45) is 0 Å². The van der Waals surface area contributed by atoms with Gasteiger partial charge in [0.05, 0.1) is 4.90 Å². The van der Waals surface area contributed by atoms with Gasteiger partial charge in [0.15, 0.2) is 0 Å². The molecule has 2 aromatic rings. The first-order chi connectivity index (χ1) is 12.5. The first-order valence-electron chi connectivity index (χ1n) is 8.91. The van der Waals surface area contributed by atoms with Crippen LogP contribution in [-0.2, 0) is 16.6 Å². The smallest absolute Gasteiger partial charge is 0.251 e. The van der Waals surface area contributed by atoms with Crippen molar-refractivity contribution in [3.63, 3.8) is 0 Å². The number of sulfonamides is 1. The fourth-order valence-corrected chi connectivity index (χ4v) is 4.06. The van der Waals surface area contributed by atoms with Gasteiger partial charge < -0.3 is 5.32 Å². The summed E-state index contributed by atoms with van der Waals surface area (Å²) in [6, 6.07) is 15.7. The molecule has 1 amide bonds. The Hall–Kier alpha value is -2.18. The van der Waals surface area contributed by atoms with Crippen LogP contribution in [0, 0.1) is 0 Å². The van der Waals surface area contributed by atoms with Crippen LogP contribution >= 0.6 is 0 Å². The topological polar surface area (TPSA) is 66.5 Å². The number of nitrogens with one attached hydrogen (secondary N) is 1. The van der Waals surface area contributed by atoms with E-state index >= 15 is 0 Å². The second-order valence-electron chi connectivity index (χ2n) is 6.05. The van der Waals surface area contributed by atoms with E-state index < -0.39 is 10.0 Å². The summed E-state index contributed by atoms with van der Waals surface area (Å²) in [6.45, 7) is 5.09. The predicted molar refractivity (Wildman–Crippen MR) is 103 cm³/mol. The number of carbonyl (C=O) groups is 1. The lowest BCUT2D eigenvalue weighted by Gasteiger charge is -2.21. The number of unbranched alkanes of at least 4 members (excludes halogenated alkanes) is 1. The highest BCUT2D eigenvalue weighted by atomic mass is 32.2. The molecule has 0 radical (unpaired) electrons. The average Bonchev–Trinajstić information content (AvgIpc) is 2.67. The Bertz CT molecular complexity index is 820. The molecule has 0 aliphatic heterocycles. The fourth-order valence-electron chi connectivity index (χ4n) is 2.58. The summed E-state index contributed by atoms with van der Waals surface area (Å²) < 4.78 is 27.4. The Labute approximate surface area is 156 Å². The molecule has 0 saturated heterocycles. The number of hydrogen-bond acceptors (Lipinski definition) is 3. The molecule has 0 bridgehead atoms. The zero-order valence-electron chi connectivity index (χ0n) is 15.3. The lowest BCUT2D eigenvalue weighted by atomic mass is 10.2. The second-order valence-corrected chi connectivity index (χ2v) is 7.99. The molecular weight excluding hydrogens is 348 g/mol. The van der Waals surface area contributed by atoms with E-state index in [0.29, 0.717) is 25.2 Å². The monoisotopic (exact) mass is 374 g/mol. The zero-order valence-corrected chi connectivity index (χ0v) is 16.1. The van der Waals surface area contributed by atoms with Gasteiger partial charge in [0, 0.05) is 25.2 Å². The summed E-state index contributed by atoms with van der Waals surface area (Å²) in [5.74, 6) is -0.249. The molecule has 0 spiro atoms. The van der Waals surface area contributed by atoms with Gasteiger partial charge in [-0.15, -0.1) is 0 Å². The van der Waals surface area contributed by atoms with Gasteiger partial charge in [0.1, 0.15) is 0 Å². The molecule has 6 heteroatoms. The molecule has 0 aliphatic carbocycles. The molecule has 5 nitrogen and oxygen atoms in total. The molecule has 0 unspecified atom stereocenters. The third-order valence-corrected chi connectivity index (χ3v) is 6.02. The van der Waals surface area contributed by atoms with Crippen LogP contribution in [0.4, 0.5) is 0 Å². The Morgan fingerprint density at radius 3 is 2.42 bits per heavy atom. The Kier molecular flexibility index (Phi) is 7.36. The van der Waals surface area contributed by atoms with Gasteiger partial charge in [-0.2, -0.15) is 4.31 Å². The highest BCUT2D eigenvalue weighted by Gasteiger charge is 2.24. The maximum absolute atomic E-state index is 13.0. The lowest BCUT2D eigenvalue weighted by molar-refractivity contribution is 0.0953. The normalized spacial score (nSPS) is 11.5. The molecule has 0 aromatic heterocycles. The molecule has 1 N–H and O–H groups in total. The van der Waals surface area contributed by atoms with Gasteiger partial charge in [-0.25, -0.2) is 8.42 Å². The fraction of sp³-hybridized carbons (Fsp3) is 0.350. The van der Waals surface area contributed by atoms with Gasteiger partial charge in [0.2, 0.25) is 10.0 Å². The summed E-state index contributed by atoms with van der Waals surface area (Å²) in [6.07, 6.45) is 1.88. The van der Waals surface area contributed by atoms with Crippen LogP contribution < -0.4 is 5.32 Å². The maximum atomic E-state index is 13.0. The van der Waals surface area contributed by atoms with Gasteiger partial charge in [0.25, 0.3) is 5.91 Å². The first-order valence-corrected chi connectivity index (χ1v) is 10.4. The molecule has 0 aliphatic rings. The largest absolute Gasteiger partial charge is 0.352 e. The van der Waals surface area contributed by atoms with Gasteiger partial charge >= 0.3 is 0 Å². The van der Waals surface area contributed by atoms with Crippen LogP contribution in [0.5, 0.6) is 0 Å². The highest BCUT2D eigenvalue weighted by molar-refractivity contribution is 7.89. The Balaban J connectivity index is 2.21. The van der Waals surface area contributed by atoms with E-state index in [1.807, 2.05) is 44.2 Å². The van der Waals surface area contributed by atoms with Crippen molar-refractivity contribution in [2.45, 2.75) is 38.1 Å². The van der Waals surface area contributed by atoms with Crippen LogP contribution in [-0.4, -0.2) is 31.7 Å².